The molecular weight excluding hydrogens is 1550 g/mol. The van der Waals surface area contributed by atoms with Crippen molar-refractivity contribution in [3.8, 4) is 56.2 Å². The van der Waals surface area contributed by atoms with E-state index in [1.807, 2.05) is 66.7 Å². The minimum atomic E-state index is 0.604. The van der Waals surface area contributed by atoms with Crippen LogP contribution in [0.1, 0.15) is 0 Å². The molecule has 3 heterocycles. The highest BCUT2D eigenvalue weighted by atomic mass is 127. The maximum absolute atomic E-state index is 9.03. The van der Waals surface area contributed by atoms with E-state index in [-0.39, 0.29) is 0 Å². The molecule has 0 atom stereocenters. The van der Waals surface area contributed by atoms with E-state index in [4.69, 9.17) is 9.68 Å². The van der Waals surface area contributed by atoms with Crippen LogP contribution < -0.4 is 19.8 Å². The Hall–Kier alpha value is -14.7. The summed E-state index contributed by atoms with van der Waals surface area (Å²) in [6, 6.07) is 163. The van der Waals surface area contributed by atoms with Crippen molar-refractivity contribution in [2.75, 3.05) is 15.1 Å². The van der Waals surface area contributed by atoms with Crippen LogP contribution in [-0.2, 0) is 0 Å². The van der Waals surface area contributed by atoms with Crippen LogP contribution in [0.3, 0.4) is 0 Å². The van der Waals surface area contributed by atoms with E-state index in [1.165, 1.54) is 91.9 Å². The van der Waals surface area contributed by atoms with Crippen LogP contribution in [0, 0.1) is 3.57 Å². The third-order valence-electron chi connectivity index (χ3n) is 21.3. The molecular formula is C108H79BIN6O2. The van der Waals surface area contributed by atoms with Crippen LogP contribution in [0.4, 0.5) is 45.5 Å². The zero-order chi connectivity index (χ0) is 79.4. The lowest BCUT2D eigenvalue weighted by atomic mass is 10.0. The fourth-order valence-corrected chi connectivity index (χ4v) is 16.3. The largest absolute Gasteiger partial charge is 0.569 e. The standard InChI is InChI=1S/C36H29N3.C24H17BNO2.C24H16IN.C24H17N/c1-5-13-31(14-6-1)38(32-15-7-2-8-16-32)35-25-21-29(22-26-35)37-30-23-27-36(28-24-30)39(33-17-9-3-10-18-33)34-19-11-4-12-20-34;27-25-28-20-12-14-24-22(16-20)21-15-18(17-7-3-1-4-8-17)11-13-23(21)26(24)19-9-5-2-6-10-19;25-19-12-15-24-22(16-19)21-8-4-5-9-23(21)26(24)20-13-10-18(11-14-20)17-6-2-1-3-7-17;1-2-8-18(9-3-1)19-14-16-20(17-15-19)25-23-12-6-4-10-21(23)22-11-5-7-13-24(22)25/h1-28,37H;1-16,27H;1-16H;1-17H. The van der Waals surface area contributed by atoms with Gasteiger partial charge in [0.05, 0.1) is 33.1 Å². The predicted molar refractivity (Wildman–Crippen MR) is 506 cm³/mol. The number of benzene rings is 18. The van der Waals surface area contributed by atoms with E-state index >= 15 is 0 Å². The summed E-state index contributed by atoms with van der Waals surface area (Å²) in [5.41, 5.74) is 26.8. The maximum Gasteiger partial charge on any atom is 0.569 e. The van der Waals surface area contributed by atoms with Gasteiger partial charge in [0.25, 0.3) is 0 Å². The number of nitrogens with one attached hydrogen (secondary N) is 1. The predicted octanol–water partition coefficient (Wildman–Crippen LogP) is 29.2. The molecule has 0 aliphatic rings. The van der Waals surface area contributed by atoms with Gasteiger partial charge in [0.15, 0.2) is 0 Å². The molecule has 0 amide bonds. The van der Waals surface area contributed by atoms with Gasteiger partial charge in [-0.25, -0.2) is 0 Å². The molecule has 21 rings (SSSR count). The highest BCUT2D eigenvalue weighted by Crippen LogP contribution is 2.42. The number of fused-ring (bicyclic) bond motifs is 9. The Bertz CT molecular complexity index is 6670. The third kappa shape index (κ3) is 16.0. The summed E-state index contributed by atoms with van der Waals surface area (Å²) < 4.78 is 13.4. The van der Waals surface area contributed by atoms with E-state index in [2.05, 4.69) is 452 Å². The molecule has 2 N–H and O–H groups in total. The van der Waals surface area contributed by atoms with Crippen molar-refractivity contribution < 1.29 is 9.68 Å². The summed E-state index contributed by atoms with van der Waals surface area (Å²) in [6.07, 6.45) is 0. The molecule has 0 bridgehead atoms. The average Bonchev–Trinajstić information content (AvgIpc) is 1.59. The molecule has 8 nitrogen and oxygen atoms in total. The van der Waals surface area contributed by atoms with Gasteiger partial charge in [0.2, 0.25) is 0 Å². The van der Waals surface area contributed by atoms with Gasteiger partial charge in [0.1, 0.15) is 5.75 Å². The molecule has 21 aromatic rings. The van der Waals surface area contributed by atoms with E-state index in [0.29, 0.717) is 13.4 Å². The summed E-state index contributed by atoms with van der Waals surface area (Å²) in [6.45, 7) is 0. The number of rotatable bonds is 16. The van der Waals surface area contributed by atoms with Gasteiger partial charge in [-0.15, -0.1) is 0 Å². The number of halogens is 1. The van der Waals surface area contributed by atoms with Crippen LogP contribution >= 0.6 is 22.6 Å². The van der Waals surface area contributed by atoms with Crippen LogP contribution in [-0.4, -0.2) is 26.4 Å². The number of aromatic nitrogens is 3. The van der Waals surface area contributed by atoms with Crippen molar-refractivity contribution >= 4 is 141 Å². The first-order valence-electron chi connectivity index (χ1n) is 39.5. The summed E-state index contributed by atoms with van der Waals surface area (Å²) in [5, 5.41) is 20.0. The number of hydrogen-bond acceptors (Lipinski definition) is 5. The average molecular weight is 1630 g/mol. The Balaban J connectivity index is 0.000000110. The molecule has 10 heteroatoms. The first-order valence-corrected chi connectivity index (χ1v) is 40.6. The van der Waals surface area contributed by atoms with Gasteiger partial charge in [-0.3, -0.25) is 0 Å². The highest BCUT2D eigenvalue weighted by molar-refractivity contribution is 14.1. The lowest BCUT2D eigenvalue weighted by Crippen LogP contribution is -2.09. The van der Waals surface area contributed by atoms with Crippen LogP contribution in [0.25, 0.3) is 116 Å². The SMILES string of the molecule is Ic1ccc2c(c1)c1ccccc1n2-c1ccc(-c2ccccc2)cc1.O[B]Oc1ccc2c(c1)c1cc(-c3ccccc3)ccc1n2-c1ccccc1.c1ccc(-c2ccc(-n3c4ccccc4c4ccccc43)cc2)cc1.c1ccc(N(c2ccccc2)c2ccc(Nc3ccc(N(c4ccccc4)c4ccccc4)cc3)cc2)cc1. The van der Waals surface area contributed by atoms with Gasteiger partial charge < -0.3 is 38.5 Å². The summed E-state index contributed by atoms with van der Waals surface area (Å²) in [7, 11) is 0.715. The molecule has 0 aliphatic heterocycles. The zero-order valence-corrected chi connectivity index (χ0v) is 66.7. The maximum atomic E-state index is 9.03. The van der Waals surface area contributed by atoms with Crippen LogP contribution in [0.5, 0.6) is 5.75 Å². The second kappa shape index (κ2) is 35.0. The van der Waals surface area contributed by atoms with E-state index < -0.39 is 0 Å². The molecule has 18 aromatic carbocycles. The number of para-hydroxylation sites is 8. The third-order valence-corrected chi connectivity index (χ3v) is 22.0. The summed E-state index contributed by atoms with van der Waals surface area (Å²) >= 11 is 2.39. The smallest absolute Gasteiger partial charge is 0.537 e. The molecule has 0 spiro atoms. The van der Waals surface area contributed by atoms with Crippen molar-refractivity contribution in [3.05, 3.63) is 471 Å². The Morgan fingerprint density at radius 2 is 0.500 bits per heavy atom. The molecule has 563 valence electrons. The second-order valence-corrected chi connectivity index (χ2v) is 29.9. The van der Waals surface area contributed by atoms with Crippen molar-refractivity contribution in [2.24, 2.45) is 0 Å². The fourth-order valence-electron chi connectivity index (χ4n) is 15.9. The van der Waals surface area contributed by atoms with Gasteiger partial charge in [-0.1, -0.05) is 267 Å². The van der Waals surface area contributed by atoms with Crippen LogP contribution in [0.15, 0.2) is 467 Å². The summed E-state index contributed by atoms with van der Waals surface area (Å²) in [5.74, 6) is 0.604. The fraction of sp³-hybridized carbons (Fsp3) is 0. The van der Waals surface area contributed by atoms with E-state index in [0.717, 1.165) is 73.0 Å². The molecule has 0 saturated heterocycles. The van der Waals surface area contributed by atoms with Crippen molar-refractivity contribution in [2.45, 2.75) is 0 Å². The number of hydrogen-bond donors (Lipinski definition) is 2. The second-order valence-electron chi connectivity index (χ2n) is 28.6. The van der Waals surface area contributed by atoms with Gasteiger partial charge in [0, 0.05) is 98.4 Å². The molecule has 0 fully saturated rings. The van der Waals surface area contributed by atoms with Crippen molar-refractivity contribution in [1.82, 2.24) is 13.7 Å². The lowest BCUT2D eigenvalue weighted by Gasteiger charge is -2.26. The Labute approximate surface area is 701 Å². The molecule has 0 saturated carbocycles. The number of anilines is 8. The minimum absolute atomic E-state index is 0.604. The lowest BCUT2D eigenvalue weighted by molar-refractivity contribution is 0.454. The normalized spacial score (nSPS) is 11.0. The van der Waals surface area contributed by atoms with Crippen molar-refractivity contribution in [3.63, 3.8) is 0 Å². The highest BCUT2D eigenvalue weighted by Gasteiger charge is 2.19. The molecule has 118 heavy (non-hydrogen) atoms. The van der Waals surface area contributed by atoms with Crippen LogP contribution in [0.2, 0.25) is 0 Å². The monoisotopic (exact) mass is 1630 g/mol. The Morgan fingerprint density at radius 3 is 0.890 bits per heavy atom. The Kier molecular flexibility index (Phi) is 22.1. The van der Waals surface area contributed by atoms with E-state index in [9.17, 15) is 0 Å². The first-order chi connectivity index (χ1) is 58.4. The van der Waals surface area contributed by atoms with Crippen molar-refractivity contribution in [1.29, 1.82) is 0 Å². The first kappa shape index (κ1) is 74.7. The molecule has 1 radical (unpaired) electrons. The number of nitrogens with zero attached hydrogens (tertiary/aromatic N) is 5. The zero-order valence-electron chi connectivity index (χ0n) is 64.5. The quantitative estimate of drug-likeness (QED) is 0.0746. The van der Waals surface area contributed by atoms with Gasteiger partial charge in [-0.05, 0) is 256 Å². The molecule has 0 unspecified atom stereocenters. The van der Waals surface area contributed by atoms with E-state index in [1.54, 1.807) is 0 Å². The minimum Gasteiger partial charge on any atom is -0.537 e. The summed E-state index contributed by atoms with van der Waals surface area (Å²) in [4.78, 5) is 4.53. The Morgan fingerprint density at radius 1 is 0.229 bits per heavy atom. The molecule has 0 aliphatic carbocycles. The van der Waals surface area contributed by atoms with Gasteiger partial charge >= 0.3 is 7.69 Å². The van der Waals surface area contributed by atoms with Gasteiger partial charge in [-0.2, -0.15) is 0 Å². The topological polar surface area (TPSA) is 62.8 Å². The molecule has 3 aromatic heterocycles.